The van der Waals surface area contributed by atoms with Crippen LogP contribution in [0, 0.1) is 6.92 Å². The maximum absolute atomic E-state index is 13.3. The fourth-order valence-electron chi connectivity index (χ4n) is 3.46. The van der Waals surface area contributed by atoms with E-state index >= 15 is 0 Å². The Bertz CT molecular complexity index is 1370. The predicted molar refractivity (Wildman–Crippen MR) is 125 cm³/mol. The van der Waals surface area contributed by atoms with Crippen molar-refractivity contribution in [2.24, 2.45) is 0 Å². The number of halogens is 1. The number of nitrogens with zero attached hydrogens (tertiary/aromatic N) is 2. The van der Waals surface area contributed by atoms with Gasteiger partial charge in [0.2, 0.25) is 5.91 Å². The van der Waals surface area contributed by atoms with Crippen molar-refractivity contribution in [1.29, 1.82) is 0 Å². The molecule has 0 aliphatic carbocycles. The summed E-state index contributed by atoms with van der Waals surface area (Å²) >= 11 is 7.15. The number of para-hydroxylation sites is 1. The molecule has 0 aliphatic rings. The highest BCUT2D eigenvalue weighted by Crippen LogP contribution is 2.17. The van der Waals surface area contributed by atoms with E-state index in [1.807, 2.05) is 31.2 Å². The molecule has 2 aromatic heterocycles. The molecule has 8 heteroatoms. The van der Waals surface area contributed by atoms with Crippen LogP contribution in [0.2, 0.25) is 5.02 Å². The van der Waals surface area contributed by atoms with Gasteiger partial charge in [-0.15, -0.1) is 11.3 Å². The average Bonchev–Trinajstić information content (AvgIpc) is 3.24. The normalized spacial score (nSPS) is 11.0. The standard InChI is InChI=1S/C23H20ClN3O3S/c1-15-4-2-3-5-18(15)27-22(29)21-19(11-13-31-21)26(23(27)30)14-20(28)25-12-10-16-6-8-17(24)9-7-16/h2-9,11,13H,10,12,14H2,1H3,(H,25,28). The van der Waals surface area contributed by atoms with Gasteiger partial charge in [-0.05, 0) is 54.1 Å². The second kappa shape index (κ2) is 8.91. The predicted octanol–water partition coefficient (Wildman–Crippen LogP) is 3.53. The van der Waals surface area contributed by atoms with Crippen molar-refractivity contribution in [3.63, 3.8) is 0 Å². The third-order valence-corrected chi connectivity index (χ3v) is 6.21. The van der Waals surface area contributed by atoms with Gasteiger partial charge >= 0.3 is 5.69 Å². The van der Waals surface area contributed by atoms with Gasteiger partial charge in [0.05, 0.1) is 11.2 Å². The zero-order valence-electron chi connectivity index (χ0n) is 16.8. The smallest absolute Gasteiger partial charge is 0.336 e. The number of carbonyl (C=O) groups is 1. The van der Waals surface area contributed by atoms with Gasteiger partial charge in [-0.3, -0.25) is 14.2 Å². The first-order chi connectivity index (χ1) is 15.0. The first-order valence-corrected chi connectivity index (χ1v) is 11.0. The van der Waals surface area contributed by atoms with Gasteiger partial charge in [0.25, 0.3) is 5.56 Å². The van der Waals surface area contributed by atoms with Crippen LogP contribution in [-0.4, -0.2) is 21.6 Å². The zero-order valence-corrected chi connectivity index (χ0v) is 18.4. The molecule has 0 unspecified atom stereocenters. The number of benzene rings is 2. The van der Waals surface area contributed by atoms with Crippen molar-refractivity contribution >= 4 is 39.1 Å². The first kappa shape index (κ1) is 21.1. The van der Waals surface area contributed by atoms with Crippen LogP contribution in [0.15, 0.2) is 69.6 Å². The van der Waals surface area contributed by atoms with E-state index in [0.29, 0.717) is 33.9 Å². The summed E-state index contributed by atoms with van der Waals surface area (Å²) in [4.78, 5) is 38.9. The minimum absolute atomic E-state index is 0.168. The molecule has 2 heterocycles. The van der Waals surface area contributed by atoms with Gasteiger partial charge in [0, 0.05) is 11.6 Å². The van der Waals surface area contributed by atoms with Crippen molar-refractivity contribution < 1.29 is 4.79 Å². The quantitative estimate of drug-likeness (QED) is 0.485. The van der Waals surface area contributed by atoms with E-state index in [0.717, 1.165) is 15.7 Å². The Kier molecular flexibility index (Phi) is 6.06. The van der Waals surface area contributed by atoms with Crippen LogP contribution in [-0.2, 0) is 17.8 Å². The van der Waals surface area contributed by atoms with Crippen molar-refractivity contribution in [2.75, 3.05) is 6.54 Å². The Morgan fingerprint density at radius 1 is 1.06 bits per heavy atom. The molecule has 1 amide bonds. The van der Waals surface area contributed by atoms with E-state index in [-0.39, 0.29) is 18.0 Å². The summed E-state index contributed by atoms with van der Waals surface area (Å²) in [6, 6.07) is 16.3. The highest BCUT2D eigenvalue weighted by Gasteiger charge is 2.18. The molecule has 2 aromatic carbocycles. The second-order valence-corrected chi connectivity index (χ2v) is 8.51. The van der Waals surface area contributed by atoms with E-state index in [9.17, 15) is 14.4 Å². The van der Waals surface area contributed by atoms with Gasteiger partial charge in [0.1, 0.15) is 11.2 Å². The number of aromatic nitrogens is 2. The minimum Gasteiger partial charge on any atom is -0.354 e. The summed E-state index contributed by atoms with van der Waals surface area (Å²) in [6.45, 7) is 2.10. The van der Waals surface area contributed by atoms with Crippen molar-refractivity contribution in [3.8, 4) is 5.69 Å². The van der Waals surface area contributed by atoms with E-state index in [2.05, 4.69) is 5.32 Å². The largest absolute Gasteiger partial charge is 0.354 e. The Balaban J connectivity index is 1.61. The summed E-state index contributed by atoms with van der Waals surface area (Å²) < 4.78 is 2.95. The third-order valence-electron chi connectivity index (χ3n) is 5.06. The van der Waals surface area contributed by atoms with Crippen LogP contribution in [0.25, 0.3) is 15.9 Å². The lowest BCUT2D eigenvalue weighted by Crippen LogP contribution is -2.41. The molecule has 4 rings (SSSR count). The zero-order chi connectivity index (χ0) is 22.0. The summed E-state index contributed by atoms with van der Waals surface area (Å²) in [5.74, 6) is -0.293. The van der Waals surface area contributed by atoms with E-state index < -0.39 is 5.69 Å². The summed E-state index contributed by atoms with van der Waals surface area (Å²) in [6.07, 6.45) is 0.647. The topological polar surface area (TPSA) is 73.1 Å². The molecule has 0 saturated carbocycles. The van der Waals surface area contributed by atoms with Crippen LogP contribution in [0.3, 0.4) is 0 Å². The molecule has 4 aromatic rings. The lowest BCUT2D eigenvalue weighted by molar-refractivity contribution is -0.121. The fraction of sp³-hybridized carbons (Fsp3) is 0.174. The molecule has 6 nitrogen and oxygen atoms in total. The highest BCUT2D eigenvalue weighted by molar-refractivity contribution is 7.17. The van der Waals surface area contributed by atoms with Crippen molar-refractivity contribution in [1.82, 2.24) is 14.5 Å². The number of hydrogen-bond donors (Lipinski definition) is 1. The number of carbonyl (C=O) groups excluding carboxylic acids is 1. The molecule has 0 bridgehead atoms. The van der Waals surface area contributed by atoms with E-state index in [4.69, 9.17) is 11.6 Å². The summed E-state index contributed by atoms with van der Waals surface area (Å²) in [5, 5.41) is 5.26. The van der Waals surface area contributed by atoms with Gasteiger partial charge in [-0.25, -0.2) is 9.36 Å². The van der Waals surface area contributed by atoms with Gasteiger partial charge in [0.15, 0.2) is 0 Å². The molecule has 0 atom stereocenters. The molecule has 31 heavy (non-hydrogen) atoms. The molecule has 0 spiro atoms. The van der Waals surface area contributed by atoms with Crippen LogP contribution in [0.5, 0.6) is 0 Å². The maximum Gasteiger partial charge on any atom is 0.336 e. The van der Waals surface area contributed by atoms with E-state index in [1.165, 1.54) is 15.9 Å². The summed E-state index contributed by atoms with van der Waals surface area (Å²) in [5.41, 5.74) is 1.94. The second-order valence-electron chi connectivity index (χ2n) is 7.16. The number of fused-ring (bicyclic) bond motifs is 1. The number of amides is 1. The van der Waals surface area contributed by atoms with Gasteiger partial charge in [-0.2, -0.15) is 0 Å². The van der Waals surface area contributed by atoms with Crippen molar-refractivity contribution in [2.45, 2.75) is 19.9 Å². The van der Waals surface area contributed by atoms with Crippen LogP contribution in [0.4, 0.5) is 0 Å². The number of hydrogen-bond acceptors (Lipinski definition) is 4. The fourth-order valence-corrected chi connectivity index (χ4v) is 4.41. The van der Waals surface area contributed by atoms with Gasteiger partial charge < -0.3 is 5.32 Å². The Morgan fingerprint density at radius 3 is 2.55 bits per heavy atom. The number of thiophene rings is 1. The molecule has 0 aliphatic heterocycles. The minimum atomic E-state index is -0.530. The monoisotopic (exact) mass is 453 g/mol. The number of nitrogens with one attached hydrogen (secondary N) is 1. The van der Waals surface area contributed by atoms with E-state index in [1.54, 1.807) is 35.7 Å². The molecular formula is C23H20ClN3O3S. The maximum atomic E-state index is 13.3. The van der Waals surface area contributed by atoms with Crippen LogP contribution >= 0.6 is 22.9 Å². The molecule has 0 saturated heterocycles. The van der Waals surface area contributed by atoms with Crippen LogP contribution < -0.4 is 16.6 Å². The lowest BCUT2D eigenvalue weighted by Gasteiger charge is -2.13. The molecule has 0 fully saturated rings. The molecular weight excluding hydrogens is 434 g/mol. The Morgan fingerprint density at radius 2 is 1.81 bits per heavy atom. The summed E-state index contributed by atoms with van der Waals surface area (Å²) in [7, 11) is 0. The number of aryl methyl sites for hydroxylation is 1. The Hall–Kier alpha value is -3.16. The lowest BCUT2D eigenvalue weighted by atomic mass is 10.1. The Labute approximate surface area is 187 Å². The van der Waals surface area contributed by atoms with Crippen molar-refractivity contribution in [3.05, 3.63) is 97.0 Å². The number of rotatable bonds is 6. The first-order valence-electron chi connectivity index (χ1n) is 9.76. The molecule has 1 N–H and O–H groups in total. The SMILES string of the molecule is Cc1ccccc1-n1c(=O)c2sccc2n(CC(=O)NCCc2ccc(Cl)cc2)c1=O. The molecule has 158 valence electrons. The molecule has 0 radical (unpaired) electrons. The third kappa shape index (κ3) is 4.33. The average molecular weight is 454 g/mol. The van der Waals surface area contributed by atoms with Crippen LogP contribution in [0.1, 0.15) is 11.1 Å². The van der Waals surface area contributed by atoms with Gasteiger partial charge in [-0.1, -0.05) is 41.9 Å². The highest BCUT2D eigenvalue weighted by atomic mass is 35.5.